The van der Waals surface area contributed by atoms with Crippen molar-refractivity contribution in [2.45, 2.75) is 86.9 Å². The molecule has 2 atom stereocenters. The Morgan fingerprint density at radius 3 is 1.44 bits per heavy atom. The Labute approximate surface area is 269 Å². The van der Waals surface area contributed by atoms with E-state index in [0.29, 0.717) is 40.9 Å². The fourth-order valence-electron chi connectivity index (χ4n) is 3.99. The minimum absolute atomic E-state index is 0. The van der Waals surface area contributed by atoms with E-state index in [4.69, 9.17) is 19.7 Å². The molecular weight excluding hydrogens is 677 g/mol. The average Bonchev–Trinajstić information content (AvgIpc) is 2.86. The monoisotopic (exact) mass is 731 g/mol. The van der Waals surface area contributed by atoms with Crippen LogP contribution in [-0.2, 0) is 9.13 Å². The van der Waals surface area contributed by atoms with E-state index < -0.39 is 14.3 Å². The smallest absolute Gasteiger partial charge is 0.150 e. The third-order valence-corrected chi connectivity index (χ3v) is 14.1. The second kappa shape index (κ2) is 22.3. The summed E-state index contributed by atoms with van der Waals surface area (Å²) in [7, 11) is -2.53. The van der Waals surface area contributed by atoms with Crippen LogP contribution in [0.1, 0.15) is 74.7 Å². The number of aliphatic hydroxyl groups excluding tert-OH is 2. The normalized spacial score (nSPS) is 12.3. The van der Waals surface area contributed by atoms with Crippen LogP contribution in [0.25, 0.3) is 0 Å². The minimum atomic E-state index is -3.13. The molecule has 9 heteroatoms. The van der Waals surface area contributed by atoms with Crippen molar-refractivity contribution < 1.29 is 67.4 Å². The number of aliphatic hydroxyl groups is 2. The second-order valence-electron chi connectivity index (χ2n) is 9.43. The number of benzene rings is 2. The average molecular weight is 732 g/mol. The van der Waals surface area contributed by atoms with Gasteiger partial charge >= 0.3 is 0 Å². The van der Waals surface area contributed by atoms with Crippen LogP contribution in [-0.4, -0.2) is 54.9 Å². The van der Waals surface area contributed by atoms with Crippen LogP contribution < -0.4 is 20.1 Å². The molecule has 2 rings (SSSR count). The van der Waals surface area contributed by atoms with Crippen LogP contribution in [0.2, 0.25) is 0 Å². The van der Waals surface area contributed by atoms with Crippen molar-refractivity contribution >= 4 is 24.9 Å². The Bertz CT molecular complexity index is 927. The number of rotatable bonds is 14. The summed E-state index contributed by atoms with van der Waals surface area (Å²) in [6.07, 6.45) is 4.80. The topological polar surface area (TPSA) is 93.1 Å². The summed E-state index contributed by atoms with van der Waals surface area (Å²) in [5.41, 5.74) is 0. The molecule has 0 aliphatic heterocycles. The summed E-state index contributed by atoms with van der Waals surface area (Å²) in [5.74, 6) is 1.53. The van der Waals surface area contributed by atoms with Gasteiger partial charge in [0.25, 0.3) is 0 Å². The molecular formula is C30H54O6P2Tb. The Kier molecular flexibility index (Phi) is 24.7. The summed E-state index contributed by atoms with van der Waals surface area (Å²) in [6, 6.07) is 14.8. The predicted molar refractivity (Wildman–Crippen MR) is 166 cm³/mol. The molecule has 0 spiro atoms. The van der Waals surface area contributed by atoms with Gasteiger partial charge in [0.1, 0.15) is 11.5 Å². The molecule has 0 heterocycles. The van der Waals surface area contributed by atoms with Crippen LogP contribution in [0.3, 0.4) is 0 Å². The zero-order valence-electron chi connectivity index (χ0n) is 23.2. The molecule has 0 saturated carbocycles. The van der Waals surface area contributed by atoms with Crippen molar-refractivity contribution in [3.05, 3.63) is 48.5 Å². The molecule has 229 valence electrons. The number of hydrogen-bond donors (Lipinski definition) is 2. The van der Waals surface area contributed by atoms with Gasteiger partial charge in [0.05, 0.1) is 39.5 Å². The molecule has 0 aliphatic carbocycles. The van der Waals surface area contributed by atoms with Gasteiger partial charge in [-0.05, 0) is 57.4 Å². The summed E-state index contributed by atoms with van der Waals surface area (Å²) in [5, 5.41) is 18.5. The third-order valence-electron chi connectivity index (χ3n) is 5.92. The van der Waals surface area contributed by atoms with Crippen molar-refractivity contribution in [1.29, 1.82) is 0 Å². The van der Waals surface area contributed by atoms with Crippen LogP contribution >= 0.6 is 14.3 Å². The van der Waals surface area contributed by atoms with E-state index in [2.05, 4.69) is 13.8 Å². The fourth-order valence-corrected chi connectivity index (χ4v) is 13.0. The predicted octanol–water partition coefficient (Wildman–Crippen LogP) is 7.35. The molecule has 0 fully saturated rings. The Morgan fingerprint density at radius 1 is 0.769 bits per heavy atom. The van der Waals surface area contributed by atoms with Crippen molar-refractivity contribution in [3.8, 4) is 11.5 Å². The van der Waals surface area contributed by atoms with Gasteiger partial charge in [0, 0.05) is 61.5 Å². The molecule has 6 nitrogen and oxygen atoms in total. The molecule has 39 heavy (non-hydrogen) atoms. The Morgan fingerprint density at radius 2 is 1.15 bits per heavy atom. The maximum atomic E-state index is 14.6. The molecule has 0 aliphatic rings. The molecule has 2 aromatic carbocycles. The van der Waals surface area contributed by atoms with E-state index >= 15 is 0 Å². The van der Waals surface area contributed by atoms with Gasteiger partial charge in [0.2, 0.25) is 0 Å². The van der Waals surface area contributed by atoms with Crippen molar-refractivity contribution in [1.82, 2.24) is 0 Å². The molecule has 0 amide bonds. The number of hydrogen-bond acceptors (Lipinski definition) is 6. The van der Waals surface area contributed by atoms with Gasteiger partial charge in [-0.3, -0.25) is 0 Å². The second-order valence-corrected chi connectivity index (χ2v) is 16.1. The summed E-state index contributed by atoms with van der Waals surface area (Å²) < 4.78 is 39.3. The SMILES string of the molecule is C.C.CC(O)CC(C)O.CCCCP(=O)(CCCC)CP(=O)(c1cccc(OC)c1)c1cccc(OC)c1.[Tb]. The van der Waals surface area contributed by atoms with Gasteiger partial charge in [-0.15, -0.1) is 0 Å². The van der Waals surface area contributed by atoms with E-state index in [1.807, 2.05) is 48.5 Å². The fraction of sp³-hybridized carbons (Fsp3) is 0.600. The van der Waals surface area contributed by atoms with Crippen LogP contribution in [0.4, 0.5) is 0 Å². The van der Waals surface area contributed by atoms with Gasteiger partial charge in [0.15, 0.2) is 7.14 Å². The van der Waals surface area contributed by atoms with Gasteiger partial charge in [-0.25, -0.2) is 0 Å². The van der Waals surface area contributed by atoms with Crippen molar-refractivity contribution in [2.75, 3.05) is 32.4 Å². The largest absolute Gasteiger partial charge is 0.497 e. The van der Waals surface area contributed by atoms with E-state index in [1.54, 1.807) is 28.1 Å². The van der Waals surface area contributed by atoms with Crippen LogP contribution in [0.15, 0.2) is 48.5 Å². The molecule has 0 aromatic heterocycles. The molecule has 2 aromatic rings. The molecule has 0 bridgehead atoms. The number of methoxy groups -OCH3 is 2. The Balaban J connectivity index is -0.00000115. The zero-order chi connectivity index (χ0) is 27.2. The first-order chi connectivity index (χ1) is 17.0. The maximum absolute atomic E-state index is 14.6. The van der Waals surface area contributed by atoms with Crippen LogP contribution in [0, 0.1) is 38.6 Å². The zero-order valence-corrected chi connectivity index (χ0v) is 27.1. The van der Waals surface area contributed by atoms with Gasteiger partial charge < -0.3 is 28.8 Å². The van der Waals surface area contributed by atoms with E-state index in [0.717, 1.165) is 25.7 Å². The first-order valence-electron chi connectivity index (χ1n) is 12.8. The number of ether oxygens (including phenoxy) is 2. The van der Waals surface area contributed by atoms with Gasteiger partial charge in [-0.1, -0.05) is 65.8 Å². The summed E-state index contributed by atoms with van der Waals surface area (Å²) >= 11 is 0. The standard InChI is InChI=1S/C23H34O4P2.C5H12O2.2CH4.Tb/c1-5-7-15-28(24,16-8-6-2)19-29(25,22-13-9-11-20(17-22)26-3)23-14-10-12-21(18-23)27-4;1-4(6)3-5(2)7;;;/h9-14,17-18H,5-8,15-16,19H2,1-4H3;4-7H,3H2,1-2H3;2*1H4;. The first-order valence-corrected chi connectivity index (χ1v) is 17.0. The summed E-state index contributed by atoms with van der Waals surface area (Å²) in [4.78, 5) is 0. The molecule has 0 saturated heterocycles. The first kappa shape index (κ1) is 43.2. The summed E-state index contributed by atoms with van der Waals surface area (Å²) in [6.45, 7) is 7.53. The van der Waals surface area contributed by atoms with E-state index in [-0.39, 0.29) is 71.6 Å². The van der Waals surface area contributed by atoms with E-state index in [9.17, 15) is 9.13 Å². The minimum Gasteiger partial charge on any atom is -0.497 e. The van der Waals surface area contributed by atoms with Crippen LogP contribution in [0.5, 0.6) is 11.5 Å². The van der Waals surface area contributed by atoms with Crippen molar-refractivity contribution in [3.63, 3.8) is 0 Å². The van der Waals surface area contributed by atoms with Crippen molar-refractivity contribution in [2.24, 2.45) is 0 Å². The molecule has 2 N–H and O–H groups in total. The maximum Gasteiger partial charge on any atom is 0.150 e. The number of unbranched alkanes of at least 4 members (excludes halogenated alkanes) is 2. The van der Waals surface area contributed by atoms with E-state index in [1.165, 1.54) is 0 Å². The molecule has 1 radical (unpaired) electrons. The third kappa shape index (κ3) is 15.5. The Hall–Kier alpha value is -0.294. The quantitative estimate of drug-likeness (QED) is 0.198. The van der Waals surface area contributed by atoms with Gasteiger partial charge in [-0.2, -0.15) is 0 Å². The molecule has 2 unspecified atom stereocenters.